The summed E-state index contributed by atoms with van der Waals surface area (Å²) in [5.41, 5.74) is 4.34. The fraction of sp³-hybridized carbons (Fsp3) is 0.167. The largest absolute Gasteiger partial charge is 0.378 e. The van der Waals surface area contributed by atoms with Crippen LogP contribution in [0.15, 0.2) is 48.5 Å². The van der Waals surface area contributed by atoms with Gasteiger partial charge in [-0.25, -0.2) is 4.98 Å². The lowest BCUT2D eigenvalue weighted by molar-refractivity contribution is 1.13. The molecule has 3 aromatic rings. The fourth-order valence-electron chi connectivity index (χ4n) is 2.42. The molecule has 0 spiro atoms. The molecule has 106 valence electrons. The highest BCUT2D eigenvalue weighted by Crippen LogP contribution is 2.30. The molecule has 0 aliphatic heterocycles. The summed E-state index contributed by atoms with van der Waals surface area (Å²) in [4.78, 5) is 6.62. The summed E-state index contributed by atoms with van der Waals surface area (Å²) in [5, 5.41) is 2.64. The van der Waals surface area contributed by atoms with Gasteiger partial charge in [0.1, 0.15) is 5.15 Å². The van der Waals surface area contributed by atoms with Gasteiger partial charge in [-0.2, -0.15) is 0 Å². The zero-order chi connectivity index (χ0) is 15.0. The summed E-state index contributed by atoms with van der Waals surface area (Å²) in [7, 11) is 4.03. The molecular weight excluding hydrogens is 280 g/mol. The highest BCUT2D eigenvalue weighted by atomic mass is 35.5. The van der Waals surface area contributed by atoms with Crippen LogP contribution in [0.3, 0.4) is 0 Å². The van der Waals surface area contributed by atoms with Gasteiger partial charge in [0.25, 0.3) is 0 Å². The van der Waals surface area contributed by atoms with E-state index in [0.717, 1.165) is 27.7 Å². The van der Waals surface area contributed by atoms with Crippen molar-refractivity contribution < 1.29 is 0 Å². The van der Waals surface area contributed by atoms with Crippen LogP contribution in [0.5, 0.6) is 0 Å². The van der Waals surface area contributed by atoms with Crippen molar-refractivity contribution in [1.82, 2.24) is 4.98 Å². The lowest BCUT2D eigenvalue weighted by Gasteiger charge is -2.14. The molecule has 3 rings (SSSR count). The van der Waals surface area contributed by atoms with Gasteiger partial charge in [0.15, 0.2) is 0 Å². The van der Waals surface area contributed by atoms with E-state index in [2.05, 4.69) is 59.3 Å². The summed E-state index contributed by atoms with van der Waals surface area (Å²) >= 11 is 6.40. The number of rotatable bonds is 2. The second-order valence-electron chi connectivity index (χ2n) is 5.47. The van der Waals surface area contributed by atoms with E-state index in [-0.39, 0.29) is 0 Å². The lowest BCUT2D eigenvalue weighted by atomic mass is 10.1. The maximum Gasteiger partial charge on any atom is 0.137 e. The second-order valence-corrected chi connectivity index (χ2v) is 5.83. The van der Waals surface area contributed by atoms with Gasteiger partial charge in [-0.05, 0) is 36.6 Å². The SMILES string of the molecule is Cc1cccc(-c2cc3ccc(N(C)C)cc3c(Cl)n2)c1. The Balaban J connectivity index is 2.18. The average Bonchev–Trinajstić information content (AvgIpc) is 2.46. The number of hydrogen-bond acceptors (Lipinski definition) is 2. The normalized spacial score (nSPS) is 10.9. The number of aryl methyl sites for hydroxylation is 1. The van der Waals surface area contributed by atoms with Crippen molar-refractivity contribution in [2.45, 2.75) is 6.92 Å². The third-order valence-corrected chi connectivity index (χ3v) is 3.89. The average molecular weight is 297 g/mol. The molecule has 21 heavy (non-hydrogen) atoms. The number of nitrogens with zero attached hydrogens (tertiary/aromatic N) is 2. The molecule has 2 nitrogen and oxygen atoms in total. The van der Waals surface area contributed by atoms with E-state index in [1.807, 2.05) is 20.2 Å². The minimum Gasteiger partial charge on any atom is -0.378 e. The summed E-state index contributed by atoms with van der Waals surface area (Å²) in [6.07, 6.45) is 0. The Hall–Kier alpha value is -2.06. The molecule has 0 saturated carbocycles. The number of aromatic nitrogens is 1. The van der Waals surface area contributed by atoms with Crippen LogP contribution in [0.4, 0.5) is 5.69 Å². The number of fused-ring (bicyclic) bond motifs is 1. The van der Waals surface area contributed by atoms with Gasteiger partial charge < -0.3 is 4.90 Å². The first-order valence-electron chi connectivity index (χ1n) is 6.89. The van der Waals surface area contributed by atoms with Crippen LogP contribution in [-0.2, 0) is 0 Å². The zero-order valence-electron chi connectivity index (χ0n) is 12.4. The Morgan fingerprint density at radius 2 is 1.81 bits per heavy atom. The molecule has 3 heteroatoms. The van der Waals surface area contributed by atoms with E-state index in [1.165, 1.54) is 5.56 Å². The molecule has 0 N–H and O–H groups in total. The fourth-order valence-corrected chi connectivity index (χ4v) is 2.68. The molecule has 0 amide bonds. The van der Waals surface area contributed by atoms with Crippen LogP contribution < -0.4 is 4.90 Å². The highest BCUT2D eigenvalue weighted by Gasteiger charge is 2.08. The van der Waals surface area contributed by atoms with Crippen molar-refractivity contribution in [2.24, 2.45) is 0 Å². The van der Waals surface area contributed by atoms with Crippen LogP contribution in [0.25, 0.3) is 22.0 Å². The second kappa shape index (κ2) is 5.38. The van der Waals surface area contributed by atoms with Gasteiger partial charge in [-0.1, -0.05) is 41.4 Å². The Morgan fingerprint density at radius 1 is 1.00 bits per heavy atom. The molecule has 1 heterocycles. The summed E-state index contributed by atoms with van der Waals surface area (Å²) in [6.45, 7) is 2.08. The van der Waals surface area contributed by atoms with E-state index in [1.54, 1.807) is 0 Å². The maximum atomic E-state index is 6.40. The van der Waals surface area contributed by atoms with Gasteiger partial charge in [-0.3, -0.25) is 0 Å². The molecule has 0 unspecified atom stereocenters. The Kier molecular flexibility index (Phi) is 3.56. The minimum absolute atomic E-state index is 0.549. The quantitative estimate of drug-likeness (QED) is 0.623. The van der Waals surface area contributed by atoms with Gasteiger partial charge in [0.05, 0.1) is 5.69 Å². The van der Waals surface area contributed by atoms with E-state index in [4.69, 9.17) is 11.6 Å². The number of pyridine rings is 1. The van der Waals surface area contributed by atoms with E-state index < -0.39 is 0 Å². The third kappa shape index (κ3) is 2.72. The summed E-state index contributed by atoms with van der Waals surface area (Å²) in [6, 6.07) is 16.7. The van der Waals surface area contributed by atoms with E-state index in [9.17, 15) is 0 Å². The predicted molar refractivity (Wildman–Crippen MR) is 91.3 cm³/mol. The lowest BCUT2D eigenvalue weighted by Crippen LogP contribution is -2.08. The Bertz CT molecular complexity index is 809. The molecule has 0 bridgehead atoms. The predicted octanol–water partition coefficient (Wildman–Crippen LogP) is 4.93. The van der Waals surface area contributed by atoms with Crippen LogP contribution >= 0.6 is 11.6 Å². The van der Waals surface area contributed by atoms with Crippen LogP contribution in [0.2, 0.25) is 5.15 Å². The maximum absolute atomic E-state index is 6.40. The number of anilines is 1. The molecule has 1 aromatic heterocycles. The third-order valence-electron chi connectivity index (χ3n) is 3.60. The number of halogens is 1. The zero-order valence-corrected chi connectivity index (χ0v) is 13.1. The molecular formula is C18H17ClN2. The molecule has 0 aliphatic carbocycles. The topological polar surface area (TPSA) is 16.1 Å². The van der Waals surface area contributed by atoms with Crippen molar-refractivity contribution in [3.8, 4) is 11.3 Å². The standard InChI is InChI=1S/C18H17ClN2/c1-12-5-4-6-14(9-12)17-10-13-7-8-15(21(2)3)11-16(13)18(19)20-17/h4-11H,1-3H3. The van der Waals surface area contributed by atoms with Gasteiger partial charge in [0.2, 0.25) is 0 Å². The summed E-state index contributed by atoms with van der Waals surface area (Å²) < 4.78 is 0. The Labute approximate surface area is 130 Å². The monoisotopic (exact) mass is 296 g/mol. The van der Waals surface area contributed by atoms with Gasteiger partial charge in [-0.15, -0.1) is 0 Å². The van der Waals surface area contributed by atoms with Crippen molar-refractivity contribution >= 4 is 28.1 Å². The van der Waals surface area contributed by atoms with E-state index in [0.29, 0.717) is 5.15 Å². The molecule has 0 fully saturated rings. The summed E-state index contributed by atoms with van der Waals surface area (Å²) in [5.74, 6) is 0. The number of benzene rings is 2. The van der Waals surface area contributed by atoms with Crippen molar-refractivity contribution in [3.05, 3.63) is 59.2 Å². The van der Waals surface area contributed by atoms with Gasteiger partial charge in [0, 0.05) is 30.7 Å². The first-order chi connectivity index (χ1) is 10.0. The van der Waals surface area contributed by atoms with Crippen LogP contribution in [0.1, 0.15) is 5.56 Å². The Morgan fingerprint density at radius 3 is 2.52 bits per heavy atom. The molecule has 2 aromatic carbocycles. The van der Waals surface area contributed by atoms with E-state index >= 15 is 0 Å². The van der Waals surface area contributed by atoms with Crippen LogP contribution in [0, 0.1) is 6.92 Å². The first-order valence-corrected chi connectivity index (χ1v) is 7.27. The highest BCUT2D eigenvalue weighted by molar-refractivity contribution is 6.34. The smallest absolute Gasteiger partial charge is 0.137 e. The number of hydrogen-bond donors (Lipinski definition) is 0. The molecule has 0 radical (unpaired) electrons. The van der Waals surface area contributed by atoms with Crippen molar-refractivity contribution in [1.29, 1.82) is 0 Å². The molecule has 0 atom stereocenters. The van der Waals surface area contributed by atoms with Gasteiger partial charge >= 0.3 is 0 Å². The minimum atomic E-state index is 0.549. The molecule has 0 saturated heterocycles. The van der Waals surface area contributed by atoms with Crippen LogP contribution in [-0.4, -0.2) is 19.1 Å². The molecule has 0 aliphatic rings. The first kappa shape index (κ1) is 13.9. The van der Waals surface area contributed by atoms with Crippen molar-refractivity contribution in [2.75, 3.05) is 19.0 Å². The van der Waals surface area contributed by atoms with Crippen molar-refractivity contribution in [3.63, 3.8) is 0 Å².